The molecule has 5 unspecified atom stereocenters. The summed E-state index contributed by atoms with van der Waals surface area (Å²) in [6.07, 6.45) is 5.24. The second kappa shape index (κ2) is 11.9. The van der Waals surface area contributed by atoms with Gasteiger partial charge >= 0.3 is 0 Å². The van der Waals surface area contributed by atoms with Crippen molar-refractivity contribution in [3.63, 3.8) is 0 Å². The van der Waals surface area contributed by atoms with Crippen LogP contribution in [-0.4, -0.2) is 81.2 Å². The fraction of sp³-hybridized carbons (Fsp3) is 0.545. The second-order valence-electron chi connectivity index (χ2n) is 10.5. The van der Waals surface area contributed by atoms with Crippen LogP contribution in [0.3, 0.4) is 0 Å². The van der Waals surface area contributed by atoms with Gasteiger partial charge in [0.25, 0.3) is 0 Å². The Morgan fingerprint density at radius 1 is 0.857 bits per heavy atom. The highest BCUT2D eigenvalue weighted by Gasteiger charge is 2.34. The van der Waals surface area contributed by atoms with Crippen LogP contribution in [0.4, 0.5) is 11.9 Å². The van der Waals surface area contributed by atoms with Crippen LogP contribution in [0.2, 0.25) is 10.3 Å². The minimum Gasteiger partial charge on any atom is -0.777 e. The average Bonchev–Trinajstić information content (AvgIpc) is 3.67. The van der Waals surface area contributed by atoms with E-state index in [0.29, 0.717) is 41.8 Å². The standard InChI is InChI=1S/C12H17ClN5O2P.C10H13ClN5O4P/c1-21(2,19)8-4-3-7(20-8)5-18-6-15-9-10(13)16-12(14)17-11(9)18;11-8-7-9(15-10(12)14-8)16(4-13-7)3-5-1-2-6(20-5)21(17,18)19/h6-8H,3-5H2,1-2H3,(H2,14,16,17);4-6H,1-3H2,(H2,12,14,15)(H2,17,18,19)/p-1. The summed E-state index contributed by atoms with van der Waals surface area (Å²) >= 11 is 11.9. The minimum atomic E-state index is -4.47. The first-order chi connectivity index (χ1) is 19.7. The van der Waals surface area contributed by atoms with Crippen molar-refractivity contribution in [1.29, 1.82) is 0 Å². The molecule has 0 aliphatic carbocycles. The lowest BCUT2D eigenvalue weighted by atomic mass is 10.2. The molecule has 0 aromatic carbocycles. The summed E-state index contributed by atoms with van der Waals surface area (Å²) in [5, 5.41) is 0.397. The van der Waals surface area contributed by atoms with Crippen LogP contribution in [0.25, 0.3) is 22.3 Å². The molecular weight excluding hydrogens is 633 g/mol. The first-order valence-electron chi connectivity index (χ1n) is 12.9. The molecule has 228 valence electrons. The van der Waals surface area contributed by atoms with E-state index in [9.17, 15) is 14.0 Å². The van der Waals surface area contributed by atoms with Crippen molar-refractivity contribution >= 4 is 72.2 Å². The quantitative estimate of drug-likeness (QED) is 0.199. The van der Waals surface area contributed by atoms with E-state index < -0.39 is 20.6 Å². The normalized spacial score (nSPS) is 24.1. The van der Waals surface area contributed by atoms with Crippen LogP contribution in [0.15, 0.2) is 12.7 Å². The number of nitrogens with zero attached hydrogens (tertiary/aromatic N) is 8. The van der Waals surface area contributed by atoms with Gasteiger partial charge in [0, 0.05) is 0 Å². The predicted octanol–water partition coefficient (Wildman–Crippen LogP) is 2.30. The van der Waals surface area contributed by atoms with Crippen LogP contribution >= 0.6 is 37.9 Å². The van der Waals surface area contributed by atoms with Crippen molar-refractivity contribution in [1.82, 2.24) is 39.0 Å². The maximum atomic E-state index is 12.1. The number of fused-ring (bicyclic) bond motifs is 2. The average molecular weight is 662 g/mol. The largest absolute Gasteiger partial charge is 0.777 e. The molecule has 6 heterocycles. The number of halogens is 2. The van der Waals surface area contributed by atoms with E-state index in [1.807, 2.05) is 4.57 Å². The summed E-state index contributed by atoms with van der Waals surface area (Å²) < 4.78 is 37.9. The summed E-state index contributed by atoms with van der Waals surface area (Å²) in [4.78, 5) is 44.3. The number of hydrogen-bond donors (Lipinski definition) is 3. The summed E-state index contributed by atoms with van der Waals surface area (Å²) in [6, 6.07) is 0. The van der Waals surface area contributed by atoms with Gasteiger partial charge in [0.15, 0.2) is 29.2 Å². The van der Waals surface area contributed by atoms with Crippen molar-refractivity contribution in [3.05, 3.63) is 23.0 Å². The SMILES string of the molecule is CP(C)(=O)C1CCC(Cn2cnc3c(Cl)nc(N)nc32)O1.Nc1nc(Cl)c2ncn(CC3CCC(P(=O)([O-])O)O3)c2n1. The van der Waals surface area contributed by atoms with Crippen molar-refractivity contribution in [2.45, 2.75) is 62.7 Å². The summed E-state index contributed by atoms with van der Waals surface area (Å²) in [5.41, 5.74) is 13.2. The topological polar surface area (TPSA) is 235 Å². The molecule has 16 nitrogen and oxygen atoms in total. The van der Waals surface area contributed by atoms with E-state index in [1.165, 1.54) is 6.33 Å². The number of hydrogen-bond acceptors (Lipinski definition) is 13. The summed E-state index contributed by atoms with van der Waals surface area (Å²) in [7, 11) is -6.69. The minimum absolute atomic E-state index is 0.00408. The van der Waals surface area contributed by atoms with Crippen molar-refractivity contribution in [2.24, 2.45) is 0 Å². The third-order valence-electron chi connectivity index (χ3n) is 6.91. The third-order valence-corrected chi connectivity index (χ3v) is 10.3. The van der Waals surface area contributed by atoms with E-state index in [2.05, 4.69) is 29.9 Å². The molecule has 5 atom stereocenters. The molecule has 0 radical (unpaired) electrons. The second-order valence-corrected chi connectivity index (χ2v) is 16.3. The van der Waals surface area contributed by atoms with Gasteiger partial charge in [-0.25, -0.2) is 9.97 Å². The van der Waals surface area contributed by atoms with Gasteiger partial charge in [-0.2, -0.15) is 19.9 Å². The number of imidazole rings is 2. The Balaban J connectivity index is 0.000000168. The molecular formula is C22H29Cl2N10O6P2-. The lowest BCUT2D eigenvalue weighted by Crippen LogP contribution is -2.20. The molecule has 2 fully saturated rings. The molecule has 2 aliphatic rings. The number of rotatable bonds is 6. The van der Waals surface area contributed by atoms with Gasteiger partial charge in [0.2, 0.25) is 11.9 Å². The van der Waals surface area contributed by atoms with Gasteiger partial charge in [-0.1, -0.05) is 23.2 Å². The Labute approximate surface area is 249 Å². The number of nitrogen functional groups attached to an aromatic ring is 2. The van der Waals surface area contributed by atoms with Crippen molar-refractivity contribution in [3.8, 4) is 0 Å². The van der Waals surface area contributed by atoms with Crippen LogP contribution in [0, 0.1) is 0 Å². The van der Waals surface area contributed by atoms with E-state index in [0.717, 1.165) is 12.8 Å². The van der Waals surface area contributed by atoms with E-state index in [1.54, 1.807) is 24.2 Å². The van der Waals surface area contributed by atoms with Crippen LogP contribution < -0.4 is 16.4 Å². The zero-order chi connectivity index (χ0) is 30.4. The van der Waals surface area contributed by atoms with Gasteiger partial charge in [-0.15, -0.1) is 0 Å². The van der Waals surface area contributed by atoms with Gasteiger partial charge in [-0.3, -0.25) is 0 Å². The smallest absolute Gasteiger partial charge is 0.223 e. The van der Waals surface area contributed by atoms with Gasteiger partial charge in [0.1, 0.15) is 29.9 Å². The Morgan fingerprint density at radius 3 is 1.67 bits per heavy atom. The zero-order valence-corrected chi connectivity index (χ0v) is 25.9. The van der Waals surface area contributed by atoms with Crippen LogP contribution in [0.5, 0.6) is 0 Å². The molecule has 2 aliphatic heterocycles. The number of nitrogens with two attached hydrogens (primary N) is 2. The maximum Gasteiger partial charge on any atom is 0.223 e. The third kappa shape index (κ3) is 6.87. The molecule has 6 rings (SSSR count). The first kappa shape index (κ1) is 31.0. The van der Waals surface area contributed by atoms with E-state index in [-0.39, 0.29) is 46.7 Å². The molecule has 0 saturated carbocycles. The maximum absolute atomic E-state index is 12.1. The molecule has 5 N–H and O–H groups in total. The molecule has 0 bridgehead atoms. The highest BCUT2D eigenvalue weighted by atomic mass is 35.5. The molecule has 2 saturated heterocycles. The molecule has 42 heavy (non-hydrogen) atoms. The Hall–Kier alpha value is -2.42. The van der Waals surface area contributed by atoms with Crippen molar-refractivity contribution in [2.75, 3.05) is 24.8 Å². The lowest BCUT2D eigenvalue weighted by molar-refractivity contribution is -0.204. The van der Waals surface area contributed by atoms with Gasteiger partial charge < -0.3 is 49.0 Å². The highest BCUT2D eigenvalue weighted by Crippen LogP contribution is 2.49. The van der Waals surface area contributed by atoms with Crippen molar-refractivity contribution < 1.29 is 28.4 Å². The molecule has 20 heteroatoms. The lowest BCUT2D eigenvalue weighted by Gasteiger charge is -2.23. The monoisotopic (exact) mass is 661 g/mol. The predicted molar refractivity (Wildman–Crippen MR) is 155 cm³/mol. The zero-order valence-electron chi connectivity index (χ0n) is 22.6. The molecule has 4 aromatic rings. The van der Waals surface area contributed by atoms with Crippen LogP contribution in [-0.2, 0) is 31.7 Å². The van der Waals surface area contributed by atoms with Gasteiger partial charge in [0.05, 0.1) is 38.0 Å². The highest BCUT2D eigenvalue weighted by molar-refractivity contribution is 7.62. The first-order valence-corrected chi connectivity index (χ1v) is 17.9. The van der Waals surface area contributed by atoms with Gasteiger partial charge in [-0.05, 0) is 39.0 Å². The fourth-order valence-corrected chi connectivity index (χ4v) is 7.37. The van der Waals surface area contributed by atoms with Crippen LogP contribution in [0.1, 0.15) is 25.7 Å². The summed E-state index contributed by atoms with van der Waals surface area (Å²) in [5.74, 6) is -1.16. The number of anilines is 2. The van der Waals surface area contributed by atoms with E-state index in [4.69, 9.17) is 49.0 Å². The number of aromatic nitrogens is 8. The molecule has 0 spiro atoms. The fourth-order valence-electron chi connectivity index (χ4n) is 4.90. The summed E-state index contributed by atoms with van der Waals surface area (Å²) in [6.45, 7) is 4.44. The Bertz CT molecular complexity index is 1580. The molecule has 4 aromatic heterocycles. The van der Waals surface area contributed by atoms with E-state index >= 15 is 0 Å². The Kier molecular flexibility index (Phi) is 8.81. The number of ether oxygens (including phenoxy) is 2. The Morgan fingerprint density at radius 2 is 1.29 bits per heavy atom. The molecule has 0 amide bonds.